The van der Waals surface area contributed by atoms with E-state index >= 15 is 0 Å². The van der Waals surface area contributed by atoms with Crippen LogP contribution >= 0.6 is 0 Å². The van der Waals surface area contributed by atoms with Gasteiger partial charge in [0.2, 0.25) is 5.91 Å². The van der Waals surface area contributed by atoms with Gasteiger partial charge in [-0.3, -0.25) is 4.79 Å². The molecule has 3 N–H and O–H groups in total. The molecule has 1 amide bonds. The number of primary amides is 1. The Kier molecular flexibility index (Phi) is 3.76. The summed E-state index contributed by atoms with van der Waals surface area (Å²) in [5.41, 5.74) is 4.92. The first-order chi connectivity index (χ1) is 7.54. The van der Waals surface area contributed by atoms with Crippen LogP contribution in [0.5, 0.6) is 0 Å². The zero-order valence-corrected chi connectivity index (χ0v) is 8.75. The number of rotatable bonds is 5. The van der Waals surface area contributed by atoms with Crippen LogP contribution in [0.2, 0.25) is 0 Å². The molecule has 0 atom stereocenters. The minimum absolute atomic E-state index is 0.0254. The smallest absolute Gasteiger partial charge is 0.356 e. The third kappa shape index (κ3) is 2.91. The second-order valence-corrected chi connectivity index (χ2v) is 3.06. The Morgan fingerprint density at radius 1 is 1.44 bits per heavy atom. The normalized spacial score (nSPS) is 9.81. The summed E-state index contributed by atoms with van der Waals surface area (Å²) in [4.78, 5) is 22.9. The fourth-order valence-electron chi connectivity index (χ4n) is 1.15. The number of carboxylic acid groups (broad SMARTS) is 1. The van der Waals surface area contributed by atoms with Crippen LogP contribution in [0.15, 0.2) is 12.1 Å². The molecule has 86 valence electrons. The third-order valence-electron chi connectivity index (χ3n) is 1.92. The van der Waals surface area contributed by atoms with Crippen molar-refractivity contribution in [2.75, 3.05) is 18.0 Å². The molecule has 0 spiro atoms. The zero-order valence-electron chi connectivity index (χ0n) is 8.75. The molecule has 7 nitrogen and oxygen atoms in total. The molecule has 1 rings (SSSR count). The second kappa shape index (κ2) is 5.06. The number of carbonyl (C=O) groups is 2. The fraction of sp³-hybridized carbons (Fsp3) is 0.333. The fourth-order valence-corrected chi connectivity index (χ4v) is 1.15. The summed E-state index contributed by atoms with van der Waals surface area (Å²) in [6.45, 7) is 2.39. The summed E-state index contributed by atoms with van der Waals surface area (Å²) in [6.07, 6.45) is 0. The van der Waals surface area contributed by atoms with Crippen LogP contribution in [0.3, 0.4) is 0 Å². The van der Waals surface area contributed by atoms with Crippen LogP contribution in [-0.4, -0.2) is 40.3 Å². The van der Waals surface area contributed by atoms with E-state index in [4.69, 9.17) is 10.8 Å². The average molecular weight is 224 g/mol. The Hall–Kier alpha value is -2.18. The topological polar surface area (TPSA) is 109 Å². The first kappa shape index (κ1) is 11.9. The molecule has 0 bridgehead atoms. The van der Waals surface area contributed by atoms with Gasteiger partial charge in [0, 0.05) is 6.54 Å². The maximum Gasteiger partial charge on any atom is 0.356 e. The van der Waals surface area contributed by atoms with Crippen molar-refractivity contribution in [3.8, 4) is 0 Å². The van der Waals surface area contributed by atoms with Crippen LogP contribution in [0.1, 0.15) is 17.4 Å². The van der Waals surface area contributed by atoms with E-state index in [1.807, 2.05) is 6.92 Å². The summed E-state index contributed by atoms with van der Waals surface area (Å²) >= 11 is 0. The standard InChI is InChI=1S/C9H12N4O3/c1-2-13(5-7(10)14)8-4-3-6(9(15)16)11-12-8/h3-4H,2,5H2,1H3,(H2,10,14)(H,15,16). The Morgan fingerprint density at radius 2 is 2.12 bits per heavy atom. The highest BCUT2D eigenvalue weighted by atomic mass is 16.4. The van der Waals surface area contributed by atoms with Crippen molar-refractivity contribution in [1.82, 2.24) is 10.2 Å². The van der Waals surface area contributed by atoms with Gasteiger partial charge in [0.25, 0.3) is 0 Å². The third-order valence-corrected chi connectivity index (χ3v) is 1.92. The van der Waals surface area contributed by atoms with Gasteiger partial charge in [-0.05, 0) is 19.1 Å². The number of aromatic carboxylic acids is 1. The molecular formula is C9H12N4O3. The van der Waals surface area contributed by atoms with E-state index in [0.717, 1.165) is 0 Å². The van der Waals surface area contributed by atoms with Crippen molar-refractivity contribution in [2.45, 2.75) is 6.92 Å². The number of aromatic nitrogens is 2. The molecule has 0 aliphatic carbocycles. The lowest BCUT2D eigenvalue weighted by Gasteiger charge is -2.18. The van der Waals surface area contributed by atoms with Gasteiger partial charge in [-0.1, -0.05) is 0 Å². The van der Waals surface area contributed by atoms with Crippen molar-refractivity contribution in [3.05, 3.63) is 17.8 Å². The SMILES string of the molecule is CCN(CC(N)=O)c1ccc(C(=O)O)nn1. The first-order valence-corrected chi connectivity index (χ1v) is 4.65. The summed E-state index contributed by atoms with van der Waals surface area (Å²) in [5.74, 6) is -1.20. The molecule has 0 saturated heterocycles. The number of anilines is 1. The molecule has 0 saturated carbocycles. The molecule has 1 aromatic rings. The van der Waals surface area contributed by atoms with Gasteiger partial charge in [-0.25, -0.2) is 4.79 Å². The number of amides is 1. The summed E-state index contributed by atoms with van der Waals surface area (Å²) in [6, 6.07) is 2.82. The number of hydrogen-bond donors (Lipinski definition) is 2. The lowest BCUT2D eigenvalue weighted by Crippen LogP contribution is -2.34. The van der Waals surface area contributed by atoms with Gasteiger partial charge in [0.1, 0.15) is 0 Å². The van der Waals surface area contributed by atoms with E-state index in [1.165, 1.54) is 12.1 Å². The molecule has 0 fully saturated rings. The maximum absolute atomic E-state index is 10.8. The van der Waals surface area contributed by atoms with Crippen molar-refractivity contribution in [2.24, 2.45) is 5.73 Å². The lowest BCUT2D eigenvalue weighted by atomic mass is 10.3. The summed E-state index contributed by atoms with van der Waals surface area (Å²) < 4.78 is 0. The molecule has 1 aromatic heterocycles. The molecule has 0 aromatic carbocycles. The van der Waals surface area contributed by atoms with E-state index < -0.39 is 11.9 Å². The van der Waals surface area contributed by atoms with Crippen LogP contribution in [0.25, 0.3) is 0 Å². The minimum atomic E-state index is -1.14. The Labute approximate surface area is 91.9 Å². The Morgan fingerprint density at radius 3 is 2.50 bits per heavy atom. The van der Waals surface area contributed by atoms with Gasteiger partial charge in [0.15, 0.2) is 11.5 Å². The van der Waals surface area contributed by atoms with Crippen molar-refractivity contribution in [1.29, 1.82) is 0 Å². The van der Waals surface area contributed by atoms with Crippen LogP contribution in [-0.2, 0) is 4.79 Å². The van der Waals surface area contributed by atoms with E-state index in [2.05, 4.69) is 10.2 Å². The number of likely N-dealkylation sites (N-methyl/N-ethyl adjacent to an activating group) is 1. The number of carbonyl (C=O) groups excluding carboxylic acids is 1. The van der Waals surface area contributed by atoms with E-state index in [9.17, 15) is 9.59 Å². The van der Waals surface area contributed by atoms with E-state index in [1.54, 1.807) is 4.90 Å². The van der Waals surface area contributed by atoms with Gasteiger partial charge in [0.05, 0.1) is 6.54 Å². The number of nitrogens with two attached hydrogens (primary N) is 1. The zero-order chi connectivity index (χ0) is 12.1. The second-order valence-electron chi connectivity index (χ2n) is 3.06. The molecule has 0 aliphatic heterocycles. The van der Waals surface area contributed by atoms with Crippen LogP contribution < -0.4 is 10.6 Å². The number of nitrogens with zero attached hydrogens (tertiary/aromatic N) is 3. The highest BCUT2D eigenvalue weighted by molar-refractivity contribution is 5.85. The van der Waals surface area contributed by atoms with E-state index in [0.29, 0.717) is 12.4 Å². The Balaban J connectivity index is 2.86. The average Bonchev–Trinajstić information content (AvgIpc) is 2.25. The summed E-state index contributed by atoms with van der Waals surface area (Å²) in [5, 5.41) is 15.8. The number of hydrogen-bond acceptors (Lipinski definition) is 5. The molecule has 1 heterocycles. The van der Waals surface area contributed by atoms with Crippen molar-refractivity contribution >= 4 is 17.7 Å². The quantitative estimate of drug-likeness (QED) is 0.696. The highest BCUT2D eigenvalue weighted by Crippen LogP contribution is 2.08. The monoisotopic (exact) mass is 224 g/mol. The summed E-state index contributed by atoms with van der Waals surface area (Å²) in [7, 11) is 0. The van der Waals surface area contributed by atoms with Gasteiger partial charge >= 0.3 is 5.97 Å². The lowest BCUT2D eigenvalue weighted by molar-refractivity contribution is -0.116. The maximum atomic E-state index is 10.8. The molecule has 0 unspecified atom stereocenters. The minimum Gasteiger partial charge on any atom is -0.476 e. The Bertz CT molecular complexity index is 390. The molecule has 16 heavy (non-hydrogen) atoms. The van der Waals surface area contributed by atoms with Crippen molar-refractivity contribution < 1.29 is 14.7 Å². The first-order valence-electron chi connectivity index (χ1n) is 4.65. The van der Waals surface area contributed by atoms with E-state index in [-0.39, 0.29) is 12.2 Å². The number of carboxylic acids is 1. The van der Waals surface area contributed by atoms with Gasteiger partial charge in [-0.15, -0.1) is 10.2 Å². The predicted octanol–water partition coefficient (Wildman–Crippen LogP) is -0.514. The molecule has 7 heteroatoms. The molecular weight excluding hydrogens is 212 g/mol. The largest absolute Gasteiger partial charge is 0.476 e. The van der Waals surface area contributed by atoms with Crippen LogP contribution in [0.4, 0.5) is 5.82 Å². The molecule has 0 radical (unpaired) electrons. The van der Waals surface area contributed by atoms with Gasteiger partial charge in [-0.2, -0.15) is 0 Å². The van der Waals surface area contributed by atoms with Crippen LogP contribution in [0, 0.1) is 0 Å². The highest BCUT2D eigenvalue weighted by Gasteiger charge is 2.11. The molecule has 0 aliphatic rings. The predicted molar refractivity (Wildman–Crippen MR) is 56.1 cm³/mol. The van der Waals surface area contributed by atoms with Gasteiger partial charge < -0.3 is 15.7 Å². The van der Waals surface area contributed by atoms with Crippen molar-refractivity contribution in [3.63, 3.8) is 0 Å².